The van der Waals surface area contributed by atoms with Crippen molar-refractivity contribution in [2.45, 2.75) is 45.7 Å². The zero-order valence-corrected chi connectivity index (χ0v) is 9.86. The monoisotopic (exact) mass is 214 g/mol. The lowest BCUT2D eigenvalue weighted by Gasteiger charge is -2.32. The van der Waals surface area contributed by atoms with Gasteiger partial charge in [0, 0.05) is 6.54 Å². The Hall–Kier alpha value is -0.610. The van der Waals surface area contributed by atoms with Crippen molar-refractivity contribution in [1.29, 1.82) is 0 Å². The summed E-state index contributed by atoms with van der Waals surface area (Å²) in [6, 6.07) is -0.504. The topological polar surface area (TPSA) is 66.6 Å². The normalized spacial score (nSPS) is 24.3. The summed E-state index contributed by atoms with van der Waals surface area (Å²) in [5.41, 5.74) is 5.70. The molecule has 4 heteroatoms. The Balaban J connectivity index is 2.68. The third-order valence-corrected chi connectivity index (χ3v) is 3.07. The first-order valence-corrected chi connectivity index (χ1v) is 5.55. The summed E-state index contributed by atoms with van der Waals surface area (Å²) in [5.74, 6) is -0.0287. The van der Waals surface area contributed by atoms with E-state index in [1.165, 1.54) is 0 Å². The highest BCUT2D eigenvalue weighted by Crippen LogP contribution is 2.23. The van der Waals surface area contributed by atoms with E-state index in [0.717, 1.165) is 19.4 Å². The van der Waals surface area contributed by atoms with Crippen LogP contribution in [-0.2, 0) is 4.79 Å². The average Bonchev–Trinajstić information content (AvgIpc) is 2.61. The Labute approximate surface area is 91.4 Å². The minimum Gasteiger partial charge on any atom is -0.394 e. The van der Waals surface area contributed by atoms with Gasteiger partial charge in [0.1, 0.15) is 0 Å². The maximum atomic E-state index is 12.1. The molecule has 0 saturated carbocycles. The molecule has 1 fully saturated rings. The van der Waals surface area contributed by atoms with Crippen molar-refractivity contribution in [3.05, 3.63) is 0 Å². The fraction of sp³-hybridized carbons (Fsp3) is 0.909. The molecule has 0 spiro atoms. The van der Waals surface area contributed by atoms with Crippen LogP contribution in [0.15, 0.2) is 0 Å². The maximum Gasteiger partial charge on any atom is 0.240 e. The molecular weight excluding hydrogens is 192 g/mol. The number of carbonyl (C=O) groups is 1. The number of rotatable bonds is 2. The molecule has 1 unspecified atom stereocenters. The number of nitrogens with zero attached hydrogens (tertiary/aromatic N) is 1. The predicted molar refractivity (Wildman–Crippen MR) is 59.3 cm³/mol. The predicted octanol–water partition coefficient (Wildman–Crippen LogP) is 0.343. The molecule has 0 aromatic heterocycles. The van der Waals surface area contributed by atoms with Gasteiger partial charge in [-0.25, -0.2) is 0 Å². The lowest BCUT2D eigenvalue weighted by atomic mass is 9.86. The number of nitrogens with two attached hydrogens (primary N) is 1. The minimum absolute atomic E-state index is 0.0223. The van der Waals surface area contributed by atoms with Gasteiger partial charge in [0.2, 0.25) is 5.91 Å². The molecule has 0 aromatic rings. The molecule has 1 amide bonds. The second-order valence-electron chi connectivity index (χ2n) is 5.35. The molecule has 15 heavy (non-hydrogen) atoms. The van der Waals surface area contributed by atoms with Gasteiger partial charge >= 0.3 is 0 Å². The maximum absolute atomic E-state index is 12.1. The first kappa shape index (κ1) is 12.5. The standard InChI is InChI=1S/C11H22N2O2/c1-11(2,3)9(12)10(15)13-6-4-5-8(13)7-14/h8-9,14H,4-7,12H2,1-3H3/t8-,9?/m0/s1. The summed E-state index contributed by atoms with van der Waals surface area (Å²) in [6.07, 6.45) is 1.85. The van der Waals surface area contributed by atoms with Gasteiger partial charge in [0.05, 0.1) is 18.7 Å². The van der Waals surface area contributed by atoms with Crippen LogP contribution in [0.5, 0.6) is 0 Å². The van der Waals surface area contributed by atoms with Crippen molar-refractivity contribution in [1.82, 2.24) is 4.90 Å². The third-order valence-electron chi connectivity index (χ3n) is 3.07. The first-order valence-electron chi connectivity index (χ1n) is 5.55. The van der Waals surface area contributed by atoms with E-state index in [1.54, 1.807) is 4.90 Å². The summed E-state index contributed by atoms with van der Waals surface area (Å²) < 4.78 is 0. The highest BCUT2D eigenvalue weighted by Gasteiger charge is 2.35. The molecule has 3 N–H and O–H groups in total. The minimum atomic E-state index is -0.482. The van der Waals surface area contributed by atoms with Crippen LogP contribution in [-0.4, -0.2) is 41.1 Å². The van der Waals surface area contributed by atoms with E-state index in [4.69, 9.17) is 10.8 Å². The fourth-order valence-electron chi connectivity index (χ4n) is 1.86. The van der Waals surface area contributed by atoms with Crippen LogP contribution in [0.4, 0.5) is 0 Å². The first-order chi connectivity index (χ1) is 6.88. The van der Waals surface area contributed by atoms with Gasteiger partial charge in [-0.2, -0.15) is 0 Å². The van der Waals surface area contributed by atoms with Gasteiger partial charge in [-0.05, 0) is 18.3 Å². The molecule has 2 atom stereocenters. The highest BCUT2D eigenvalue weighted by molar-refractivity contribution is 5.83. The fourth-order valence-corrected chi connectivity index (χ4v) is 1.86. The number of hydrogen-bond acceptors (Lipinski definition) is 3. The van der Waals surface area contributed by atoms with Gasteiger partial charge in [0.15, 0.2) is 0 Å². The SMILES string of the molecule is CC(C)(C)C(N)C(=O)N1CCC[C@H]1CO. The molecule has 0 bridgehead atoms. The zero-order valence-electron chi connectivity index (χ0n) is 9.86. The molecule has 88 valence electrons. The molecule has 1 aliphatic rings. The lowest BCUT2D eigenvalue weighted by molar-refractivity contribution is -0.136. The van der Waals surface area contributed by atoms with Crippen molar-refractivity contribution in [3.63, 3.8) is 0 Å². The van der Waals surface area contributed by atoms with Crippen molar-refractivity contribution in [2.75, 3.05) is 13.2 Å². The summed E-state index contributed by atoms with van der Waals surface area (Å²) in [6.45, 7) is 6.65. The summed E-state index contributed by atoms with van der Waals surface area (Å²) in [5, 5.41) is 9.14. The summed E-state index contributed by atoms with van der Waals surface area (Å²) >= 11 is 0. The molecule has 1 rings (SSSR count). The second-order valence-corrected chi connectivity index (χ2v) is 5.35. The summed E-state index contributed by atoms with van der Waals surface area (Å²) in [4.78, 5) is 13.8. The Morgan fingerprint density at radius 3 is 2.67 bits per heavy atom. The number of amides is 1. The van der Waals surface area contributed by atoms with E-state index in [9.17, 15) is 4.79 Å². The molecule has 1 saturated heterocycles. The lowest BCUT2D eigenvalue weighted by Crippen LogP contribution is -2.52. The number of likely N-dealkylation sites (tertiary alicyclic amines) is 1. The van der Waals surface area contributed by atoms with Crippen LogP contribution in [0.1, 0.15) is 33.6 Å². The van der Waals surface area contributed by atoms with E-state index < -0.39 is 6.04 Å². The van der Waals surface area contributed by atoms with Crippen LogP contribution >= 0.6 is 0 Å². The van der Waals surface area contributed by atoms with Crippen LogP contribution in [0, 0.1) is 5.41 Å². The molecule has 0 aliphatic carbocycles. The second kappa shape index (κ2) is 4.49. The Kier molecular flexibility index (Phi) is 3.73. The van der Waals surface area contributed by atoms with E-state index in [2.05, 4.69) is 0 Å². The van der Waals surface area contributed by atoms with Crippen molar-refractivity contribution in [2.24, 2.45) is 11.1 Å². The van der Waals surface area contributed by atoms with E-state index in [-0.39, 0.29) is 24.0 Å². The van der Waals surface area contributed by atoms with E-state index in [0.29, 0.717) is 0 Å². The van der Waals surface area contributed by atoms with Gasteiger partial charge in [0.25, 0.3) is 0 Å². The third kappa shape index (κ3) is 2.69. The zero-order chi connectivity index (χ0) is 11.6. The van der Waals surface area contributed by atoms with E-state index in [1.807, 2.05) is 20.8 Å². The summed E-state index contributed by atoms with van der Waals surface area (Å²) in [7, 11) is 0. The molecule has 1 heterocycles. The molecule has 0 aromatic carbocycles. The van der Waals surface area contributed by atoms with Crippen LogP contribution in [0.3, 0.4) is 0 Å². The van der Waals surface area contributed by atoms with Crippen LogP contribution in [0.25, 0.3) is 0 Å². The Bertz CT molecular complexity index is 235. The largest absolute Gasteiger partial charge is 0.394 e. The quantitative estimate of drug-likeness (QED) is 0.696. The van der Waals surface area contributed by atoms with Crippen LogP contribution < -0.4 is 5.73 Å². The number of carbonyl (C=O) groups excluding carboxylic acids is 1. The number of aliphatic hydroxyl groups is 1. The average molecular weight is 214 g/mol. The van der Waals surface area contributed by atoms with Crippen molar-refractivity contribution in [3.8, 4) is 0 Å². The van der Waals surface area contributed by atoms with Gasteiger partial charge in [-0.1, -0.05) is 20.8 Å². The number of aliphatic hydroxyl groups excluding tert-OH is 1. The van der Waals surface area contributed by atoms with Crippen molar-refractivity contribution < 1.29 is 9.90 Å². The molecular formula is C11H22N2O2. The molecule has 1 aliphatic heterocycles. The van der Waals surface area contributed by atoms with E-state index >= 15 is 0 Å². The molecule has 0 radical (unpaired) electrons. The smallest absolute Gasteiger partial charge is 0.240 e. The highest BCUT2D eigenvalue weighted by atomic mass is 16.3. The van der Waals surface area contributed by atoms with Crippen LogP contribution in [0.2, 0.25) is 0 Å². The Morgan fingerprint density at radius 2 is 2.20 bits per heavy atom. The van der Waals surface area contributed by atoms with Crippen molar-refractivity contribution >= 4 is 5.91 Å². The number of hydrogen-bond donors (Lipinski definition) is 2. The Morgan fingerprint density at radius 1 is 1.60 bits per heavy atom. The molecule has 4 nitrogen and oxygen atoms in total. The van der Waals surface area contributed by atoms with Gasteiger partial charge < -0.3 is 15.7 Å². The van der Waals surface area contributed by atoms with Gasteiger partial charge in [-0.3, -0.25) is 4.79 Å². The van der Waals surface area contributed by atoms with Gasteiger partial charge in [-0.15, -0.1) is 0 Å².